The van der Waals surface area contributed by atoms with Crippen molar-refractivity contribution in [3.05, 3.63) is 42.0 Å². The standard InChI is InChI=1S/C23H27N3O5/c1-4-24(13-15(2)3)20(28)14-31-22(30)23-12-11-19(27)26(23)18-8-6-5-7-17(18)21(29)25(23)16-9-10-16/h5-8,16H,2,4,9-14H2,1,3H3/t23-/m0/s1. The van der Waals surface area contributed by atoms with Gasteiger partial charge in [-0.2, -0.15) is 0 Å². The molecule has 0 radical (unpaired) electrons. The maximum Gasteiger partial charge on any atom is 0.354 e. The maximum absolute atomic E-state index is 13.5. The minimum atomic E-state index is -1.53. The molecule has 0 spiro atoms. The summed E-state index contributed by atoms with van der Waals surface area (Å²) in [5.41, 5.74) is 0.118. The third-order valence-electron chi connectivity index (χ3n) is 6.06. The van der Waals surface area contributed by atoms with Crippen LogP contribution in [0.5, 0.6) is 0 Å². The molecule has 2 heterocycles. The fraction of sp³-hybridized carbons (Fsp3) is 0.478. The van der Waals surface area contributed by atoms with Crippen molar-refractivity contribution in [3.63, 3.8) is 0 Å². The van der Waals surface area contributed by atoms with Crippen LogP contribution in [0.15, 0.2) is 36.4 Å². The van der Waals surface area contributed by atoms with Crippen molar-refractivity contribution in [2.45, 2.75) is 51.2 Å². The molecular formula is C23H27N3O5. The van der Waals surface area contributed by atoms with E-state index in [1.54, 1.807) is 29.2 Å². The molecule has 0 aromatic heterocycles. The molecule has 8 nitrogen and oxygen atoms in total. The Balaban J connectivity index is 1.65. The van der Waals surface area contributed by atoms with Crippen molar-refractivity contribution in [1.82, 2.24) is 9.80 Å². The zero-order valence-corrected chi connectivity index (χ0v) is 17.9. The quantitative estimate of drug-likeness (QED) is 0.493. The number of fused-ring (bicyclic) bond motifs is 3. The van der Waals surface area contributed by atoms with Crippen LogP contribution in [0.4, 0.5) is 5.69 Å². The van der Waals surface area contributed by atoms with Crippen LogP contribution in [-0.2, 0) is 19.1 Å². The van der Waals surface area contributed by atoms with Crippen LogP contribution < -0.4 is 4.90 Å². The summed E-state index contributed by atoms with van der Waals surface area (Å²) in [4.78, 5) is 56.8. The lowest BCUT2D eigenvalue weighted by Crippen LogP contribution is -2.69. The van der Waals surface area contributed by atoms with Gasteiger partial charge in [0.2, 0.25) is 11.6 Å². The Hall–Kier alpha value is -3.16. The van der Waals surface area contributed by atoms with E-state index in [2.05, 4.69) is 6.58 Å². The summed E-state index contributed by atoms with van der Waals surface area (Å²) in [5, 5.41) is 0. The number of hydrogen-bond acceptors (Lipinski definition) is 5. The average molecular weight is 425 g/mol. The summed E-state index contributed by atoms with van der Waals surface area (Å²) in [6.45, 7) is 7.87. The topological polar surface area (TPSA) is 87.2 Å². The van der Waals surface area contributed by atoms with Gasteiger partial charge in [0.15, 0.2) is 6.61 Å². The van der Waals surface area contributed by atoms with Gasteiger partial charge in [-0.25, -0.2) is 4.79 Å². The normalized spacial score (nSPS) is 22.1. The first-order valence-corrected chi connectivity index (χ1v) is 10.7. The number of para-hydroxylation sites is 1. The van der Waals surface area contributed by atoms with E-state index in [9.17, 15) is 19.2 Å². The van der Waals surface area contributed by atoms with Crippen molar-refractivity contribution in [3.8, 4) is 0 Å². The molecule has 1 aromatic rings. The highest BCUT2D eigenvalue weighted by Crippen LogP contribution is 2.49. The average Bonchev–Trinajstić information content (AvgIpc) is 3.52. The molecule has 164 valence electrons. The van der Waals surface area contributed by atoms with Crippen LogP contribution in [0.1, 0.15) is 49.9 Å². The summed E-state index contributed by atoms with van der Waals surface area (Å²) in [6, 6.07) is 6.72. The van der Waals surface area contributed by atoms with E-state index in [4.69, 9.17) is 4.74 Å². The first-order valence-electron chi connectivity index (χ1n) is 10.7. The molecule has 4 rings (SSSR count). The van der Waals surface area contributed by atoms with E-state index in [1.165, 1.54) is 9.80 Å². The summed E-state index contributed by atoms with van der Waals surface area (Å²) < 4.78 is 5.48. The fourth-order valence-electron chi connectivity index (χ4n) is 4.55. The van der Waals surface area contributed by atoms with Crippen LogP contribution in [0.25, 0.3) is 0 Å². The molecule has 3 aliphatic rings. The number of hydrogen-bond donors (Lipinski definition) is 0. The third-order valence-corrected chi connectivity index (χ3v) is 6.06. The van der Waals surface area contributed by atoms with Crippen molar-refractivity contribution < 1.29 is 23.9 Å². The Labute approximate surface area is 181 Å². The van der Waals surface area contributed by atoms with Crippen LogP contribution in [-0.4, -0.2) is 64.9 Å². The van der Waals surface area contributed by atoms with E-state index in [0.717, 1.165) is 18.4 Å². The number of rotatable bonds is 7. The number of likely N-dealkylation sites (N-methyl/N-ethyl adjacent to an activating group) is 1. The lowest BCUT2D eigenvalue weighted by Gasteiger charge is -2.48. The van der Waals surface area contributed by atoms with Gasteiger partial charge in [-0.05, 0) is 38.8 Å². The van der Waals surface area contributed by atoms with Crippen LogP contribution in [0, 0.1) is 0 Å². The number of anilines is 1. The molecule has 1 aromatic carbocycles. The second kappa shape index (κ2) is 7.83. The predicted octanol–water partition coefficient (Wildman–Crippen LogP) is 2.10. The molecule has 31 heavy (non-hydrogen) atoms. The zero-order valence-electron chi connectivity index (χ0n) is 17.9. The van der Waals surface area contributed by atoms with Crippen molar-refractivity contribution in [2.24, 2.45) is 0 Å². The number of ether oxygens (including phenoxy) is 1. The summed E-state index contributed by atoms with van der Waals surface area (Å²) in [5.74, 6) is -1.57. The van der Waals surface area contributed by atoms with Gasteiger partial charge in [0, 0.05) is 32.0 Å². The molecule has 0 N–H and O–H groups in total. The summed E-state index contributed by atoms with van der Waals surface area (Å²) in [6.07, 6.45) is 1.82. The molecule has 1 aliphatic carbocycles. The first-order chi connectivity index (χ1) is 14.8. The molecule has 1 atom stereocenters. The number of carbonyl (C=O) groups is 4. The minimum Gasteiger partial charge on any atom is -0.452 e. The summed E-state index contributed by atoms with van der Waals surface area (Å²) in [7, 11) is 0. The molecule has 0 bridgehead atoms. The van der Waals surface area contributed by atoms with Gasteiger partial charge < -0.3 is 14.5 Å². The van der Waals surface area contributed by atoms with E-state index >= 15 is 0 Å². The van der Waals surface area contributed by atoms with Gasteiger partial charge in [-0.3, -0.25) is 19.3 Å². The Kier molecular flexibility index (Phi) is 5.33. The monoisotopic (exact) mass is 425 g/mol. The van der Waals surface area contributed by atoms with Crippen LogP contribution >= 0.6 is 0 Å². The highest BCUT2D eigenvalue weighted by molar-refractivity contribution is 6.15. The first kappa shape index (κ1) is 21.1. The molecular weight excluding hydrogens is 398 g/mol. The highest BCUT2D eigenvalue weighted by atomic mass is 16.5. The molecule has 3 amide bonds. The van der Waals surface area contributed by atoms with E-state index < -0.39 is 18.2 Å². The number of esters is 1. The second-order valence-corrected chi connectivity index (χ2v) is 8.41. The SMILES string of the molecule is C=C(C)CN(CC)C(=O)COC(=O)[C@]12CCC(=O)N1c1ccccc1C(=O)N2C1CC1. The molecule has 8 heteroatoms. The Morgan fingerprint density at radius 2 is 1.97 bits per heavy atom. The number of benzene rings is 1. The molecule has 1 saturated heterocycles. The van der Waals surface area contributed by atoms with Gasteiger partial charge in [-0.15, -0.1) is 0 Å². The van der Waals surface area contributed by atoms with Gasteiger partial charge in [0.25, 0.3) is 11.8 Å². The predicted molar refractivity (Wildman–Crippen MR) is 113 cm³/mol. The lowest BCUT2D eigenvalue weighted by atomic mass is 9.96. The van der Waals surface area contributed by atoms with Gasteiger partial charge >= 0.3 is 5.97 Å². The highest BCUT2D eigenvalue weighted by Gasteiger charge is 2.64. The molecule has 0 unspecified atom stereocenters. The molecule has 2 aliphatic heterocycles. The van der Waals surface area contributed by atoms with Crippen molar-refractivity contribution in [2.75, 3.05) is 24.6 Å². The minimum absolute atomic E-state index is 0.118. The van der Waals surface area contributed by atoms with Crippen LogP contribution in [0.2, 0.25) is 0 Å². The van der Waals surface area contributed by atoms with Crippen molar-refractivity contribution in [1.29, 1.82) is 0 Å². The zero-order chi connectivity index (χ0) is 22.3. The largest absolute Gasteiger partial charge is 0.452 e. The van der Waals surface area contributed by atoms with E-state index in [-0.39, 0.29) is 36.6 Å². The van der Waals surface area contributed by atoms with Crippen LogP contribution in [0.3, 0.4) is 0 Å². The second-order valence-electron chi connectivity index (χ2n) is 8.41. The molecule has 2 fully saturated rings. The smallest absolute Gasteiger partial charge is 0.354 e. The van der Waals surface area contributed by atoms with E-state index in [0.29, 0.717) is 24.3 Å². The lowest BCUT2D eigenvalue weighted by molar-refractivity contribution is -0.162. The van der Waals surface area contributed by atoms with E-state index in [1.807, 2.05) is 13.8 Å². The van der Waals surface area contributed by atoms with Gasteiger partial charge in [0.05, 0.1) is 11.3 Å². The number of amides is 3. The summed E-state index contributed by atoms with van der Waals surface area (Å²) >= 11 is 0. The van der Waals surface area contributed by atoms with Gasteiger partial charge in [0.1, 0.15) is 0 Å². The Bertz CT molecular complexity index is 970. The van der Waals surface area contributed by atoms with Crippen molar-refractivity contribution >= 4 is 29.4 Å². The Morgan fingerprint density at radius 1 is 1.26 bits per heavy atom. The Morgan fingerprint density at radius 3 is 2.61 bits per heavy atom. The van der Waals surface area contributed by atoms with Gasteiger partial charge in [-0.1, -0.05) is 24.3 Å². The molecule has 1 saturated carbocycles. The number of carbonyl (C=O) groups excluding carboxylic acids is 4. The number of nitrogens with zero attached hydrogens (tertiary/aromatic N) is 3. The maximum atomic E-state index is 13.5. The fourth-order valence-corrected chi connectivity index (χ4v) is 4.55. The third kappa shape index (κ3) is 3.40.